The normalized spacial score (nSPS) is 12.6. The Bertz CT molecular complexity index is 995. The first-order valence-corrected chi connectivity index (χ1v) is 11.2. The predicted octanol–water partition coefficient (Wildman–Crippen LogP) is 3.70. The minimum Gasteiger partial charge on any atom is -0.494 e. The van der Waals surface area contributed by atoms with Crippen LogP contribution in [0.2, 0.25) is 10.0 Å². The van der Waals surface area contributed by atoms with Crippen molar-refractivity contribution in [1.29, 1.82) is 0 Å². The summed E-state index contributed by atoms with van der Waals surface area (Å²) in [7, 11) is -3.73. The molecule has 0 saturated heterocycles. The van der Waals surface area contributed by atoms with Crippen molar-refractivity contribution in [2.75, 3.05) is 17.2 Å². The van der Waals surface area contributed by atoms with Gasteiger partial charge in [-0.3, -0.25) is 9.10 Å². The number of hydrazone groups is 1. The van der Waals surface area contributed by atoms with Gasteiger partial charge in [0.1, 0.15) is 11.8 Å². The van der Waals surface area contributed by atoms with Gasteiger partial charge < -0.3 is 4.74 Å². The number of halogens is 2. The van der Waals surface area contributed by atoms with Gasteiger partial charge in [0.2, 0.25) is 10.0 Å². The second-order valence-electron chi connectivity index (χ2n) is 6.07. The molecular formula is C19H21Cl2N3O4S. The fourth-order valence-corrected chi connectivity index (χ4v) is 4.00. The van der Waals surface area contributed by atoms with Gasteiger partial charge in [0.15, 0.2) is 0 Å². The van der Waals surface area contributed by atoms with Crippen molar-refractivity contribution in [2.24, 2.45) is 5.10 Å². The topological polar surface area (TPSA) is 88.1 Å². The average Bonchev–Trinajstić information content (AvgIpc) is 2.65. The Morgan fingerprint density at radius 1 is 1.21 bits per heavy atom. The molecule has 2 aromatic rings. The summed E-state index contributed by atoms with van der Waals surface area (Å²) >= 11 is 11.8. The number of hydrogen-bond acceptors (Lipinski definition) is 5. The van der Waals surface area contributed by atoms with E-state index in [2.05, 4.69) is 10.5 Å². The highest BCUT2D eigenvalue weighted by molar-refractivity contribution is 7.92. The quantitative estimate of drug-likeness (QED) is 0.483. The third-order valence-electron chi connectivity index (χ3n) is 3.82. The molecule has 0 radical (unpaired) electrons. The van der Waals surface area contributed by atoms with E-state index in [1.165, 1.54) is 13.1 Å². The standard InChI is InChI=1S/C19H21Cl2N3O4S/c1-4-28-16-8-6-15(7-9-16)24(29(3,26)27)13(2)19(25)23-22-12-14-5-10-17(20)18(21)11-14/h5-13H,4H2,1-3H3,(H,23,25)/b22-12-/t13-/m1/s1. The van der Waals surface area contributed by atoms with Crippen LogP contribution in [0.15, 0.2) is 47.6 Å². The van der Waals surface area contributed by atoms with Gasteiger partial charge in [0.25, 0.3) is 5.91 Å². The second-order valence-corrected chi connectivity index (χ2v) is 8.74. The van der Waals surface area contributed by atoms with Crippen LogP contribution in [0.5, 0.6) is 5.75 Å². The molecule has 156 valence electrons. The lowest BCUT2D eigenvalue weighted by Gasteiger charge is -2.27. The summed E-state index contributed by atoms with van der Waals surface area (Å²) in [5.74, 6) is 0.00801. The van der Waals surface area contributed by atoms with E-state index in [0.717, 1.165) is 10.6 Å². The maximum atomic E-state index is 12.5. The molecule has 0 bridgehead atoms. The summed E-state index contributed by atoms with van der Waals surface area (Å²) in [5, 5.41) is 4.62. The molecular weight excluding hydrogens is 437 g/mol. The van der Waals surface area contributed by atoms with Gasteiger partial charge >= 0.3 is 0 Å². The fraction of sp³-hybridized carbons (Fsp3) is 0.263. The Balaban J connectivity index is 2.15. The van der Waals surface area contributed by atoms with E-state index in [1.54, 1.807) is 42.5 Å². The van der Waals surface area contributed by atoms with Crippen LogP contribution < -0.4 is 14.5 Å². The Morgan fingerprint density at radius 2 is 1.86 bits per heavy atom. The third-order valence-corrected chi connectivity index (χ3v) is 5.80. The Labute approximate surface area is 180 Å². The summed E-state index contributed by atoms with van der Waals surface area (Å²) in [6.45, 7) is 3.81. The monoisotopic (exact) mass is 457 g/mol. The van der Waals surface area contributed by atoms with Crippen molar-refractivity contribution in [3.05, 3.63) is 58.1 Å². The molecule has 2 rings (SSSR count). The highest BCUT2D eigenvalue weighted by Gasteiger charge is 2.29. The number of nitrogens with one attached hydrogen (secondary N) is 1. The number of amides is 1. The molecule has 1 amide bonds. The van der Waals surface area contributed by atoms with Gasteiger partial charge in [-0.05, 0) is 55.8 Å². The summed E-state index contributed by atoms with van der Waals surface area (Å²) in [5.41, 5.74) is 3.31. The molecule has 0 unspecified atom stereocenters. The molecule has 1 N–H and O–H groups in total. The van der Waals surface area contributed by atoms with Crippen molar-refractivity contribution < 1.29 is 17.9 Å². The summed E-state index contributed by atoms with van der Waals surface area (Å²) in [6, 6.07) is 10.3. The number of nitrogens with zero attached hydrogens (tertiary/aromatic N) is 2. The molecule has 0 aliphatic heterocycles. The zero-order valence-corrected chi connectivity index (χ0v) is 18.4. The van der Waals surface area contributed by atoms with Crippen molar-refractivity contribution in [2.45, 2.75) is 19.9 Å². The van der Waals surface area contributed by atoms with Gasteiger partial charge in [0, 0.05) is 0 Å². The van der Waals surface area contributed by atoms with Gasteiger partial charge in [0.05, 0.1) is 34.8 Å². The van der Waals surface area contributed by atoms with Crippen molar-refractivity contribution in [3.8, 4) is 5.75 Å². The minimum absolute atomic E-state index is 0.340. The van der Waals surface area contributed by atoms with Crippen LogP contribution in [0.25, 0.3) is 0 Å². The summed E-state index contributed by atoms with van der Waals surface area (Å²) < 4.78 is 31.0. The van der Waals surface area contributed by atoms with Gasteiger partial charge in [-0.15, -0.1) is 0 Å². The highest BCUT2D eigenvalue weighted by atomic mass is 35.5. The Morgan fingerprint density at radius 3 is 2.41 bits per heavy atom. The van der Waals surface area contributed by atoms with Crippen molar-refractivity contribution in [3.63, 3.8) is 0 Å². The SMILES string of the molecule is CCOc1ccc(N([C@H](C)C(=O)N/N=C\c2ccc(Cl)c(Cl)c2)S(C)(=O)=O)cc1. The zero-order chi connectivity index (χ0) is 21.6. The number of anilines is 1. The lowest BCUT2D eigenvalue weighted by Crippen LogP contribution is -2.46. The molecule has 7 nitrogen and oxygen atoms in total. The van der Waals surface area contributed by atoms with Gasteiger partial charge in [-0.1, -0.05) is 29.3 Å². The van der Waals surface area contributed by atoms with E-state index >= 15 is 0 Å². The predicted molar refractivity (Wildman–Crippen MR) is 117 cm³/mol. The first-order valence-electron chi connectivity index (χ1n) is 8.63. The molecule has 0 spiro atoms. The van der Waals surface area contributed by atoms with Crippen LogP contribution in [0.1, 0.15) is 19.4 Å². The van der Waals surface area contributed by atoms with E-state index in [1.807, 2.05) is 6.92 Å². The van der Waals surface area contributed by atoms with Crippen LogP contribution >= 0.6 is 23.2 Å². The number of hydrogen-bond donors (Lipinski definition) is 1. The number of sulfonamides is 1. The first-order chi connectivity index (χ1) is 13.6. The van der Waals surface area contributed by atoms with Gasteiger partial charge in [-0.25, -0.2) is 13.8 Å². The molecule has 2 aromatic carbocycles. The molecule has 0 saturated carbocycles. The minimum atomic E-state index is -3.73. The number of benzene rings is 2. The zero-order valence-electron chi connectivity index (χ0n) is 16.1. The van der Waals surface area contributed by atoms with E-state index in [4.69, 9.17) is 27.9 Å². The lowest BCUT2D eigenvalue weighted by atomic mass is 10.2. The maximum Gasteiger partial charge on any atom is 0.263 e. The molecule has 10 heteroatoms. The average molecular weight is 458 g/mol. The summed E-state index contributed by atoms with van der Waals surface area (Å²) in [4.78, 5) is 12.5. The molecule has 0 heterocycles. The molecule has 0 aliphatic carbocycles. The summed E-state index contributed by atoms with van der Waals surface area (Å²) in [6.07, 6.45) is 2.42. The Kier molecular flexibility index (Phi) is 7.89. The van der Waals surface area contributed by atoms with Gasteiger partial charge in [-0.2, -0.15) is 5.10 Å². The smallest absolute Gasteiger partial charge is 0.263 e. The molecule has 0 fully saturated rings. The number of carbonyl (C=O) groups is 1. The van der Waals surface area contributed by atoms with E-state index < -0.39 is 22.0 Å². The number of rotatable bonds is 8. The molecule has 0 aliphatic rings. The Hall–Kier alpha value is -2.29. The van der Waals surface area contributed by atoms with E-state index in [-0.39, 0.29) is 0 Å². The van der Waals surface area contributed by atoms with E-state index in [9.17, 15) is 13.2 Å². The first kappa shape index (κ1) is 23.0. The van der Waals surface area contributed by atoms with Crippen LogP contribution in [-0.4, -0.2) is 39.4 Å². The highest BCUT2D eigenvalue weighted by Crippen LogP contribution is 2.24. The molecule has 29 heavy (non-hydrogen) atoms. The van der Waals surface area contributed by atoms with E-state index in [0.29, 0.717) is 33.7 Å². The van der Waals surface area contributed by atoms with Crippen molar-refractivity contribution in [1.82, 2.24) is 5.43 Å². The van der Waals surface area contributed by atoms with Crippen LogP contribution in [0, 0.1) is 0 Å². The number of ether oxygens (including phenoxy) is 1. The van der Waals surface area contributed by atoms with Crippen LogP contribution in [0.3, 0.4) is 0 Å². The lowest BCUT2D eigenvalue weighted by molar-refractivity contribution is -0.121. The van der Waals surface area contributed by atoms with Crippen LogP contribution in [-0.2, 0) is 14.8 Å². The van der Waals surface area contributed by atoms with Crippen LogP contribution in [0.4, 0.5) is 5.69 Å². The van der Waals surface area contributed by atoms with Crippen molar-refractivity contribution >= 4 is 51.0 Å². The molecule has 1 atom stereocenters. The number of carbonyl (C=O) groups excluding carboxylic acids is 1. The maximum absolute atomic E-state index is 12.5. The fourth-order valence-electron chi connectivity index (χ4n) is 2.52. The second kappa shape index (κ2) is 9.96. The largest absolute Gasteiger partial charge is 0.494 e. The third kappa shape index (κ3) is 6.35. The molecule has 0 aromatic heterocycles.